The normalized spacial score (nSPS) is 12.1. The van der Waals surface area contributed by atoms with E-state index in [1.807, 2.05) is 0 Å². The second kappa shape index (κ2) is 6.71. The van der Waals surface area contributed by atoms with Crippen molar-refractivity contribution in [1.82, 2.24) is 5.32 Å². The van der Waals surface area contributed by atoms with Gasteiger partial charge in [0.15, 0.2) is 0 Å². The summed E-state index contributed by atoms with van der Waals surface area (Å²) in [7, 11) is 0. The lowest BCUT2D eigenvalue weighted by Crippen LogP contribution is -2.34. The maximum absolute atomic E-state index is 12.6. The molecule has 0 fully saturated rings. The second-order valence-electron chi connectivity index (χ2n) is 4.59. The van der Waals surface area contributed by atoms with E-state index in [0.717, 1.165) is 5.56 Å². The molecule has 0 aromatic heterocycles. The van der Waals surface area contributed by atoms with E-state index in [4.69, 9.17) is 23.2 Å². The Labute approximate surface area is 130 Å². The van der Waals surface area contributed by atoms with E-state index in [2.05, 4.69) is 11.9 Å². The molecule has 0 atom stereocenters. The van der Waals surface area contributed by atoms with Gasteiger partial charge in [-0.05, 0) is 22.8 Å². The van der Waals surface area contributed by atoms with Crippen LogP contribution in [-0.4, -0.2) is 16.4 Å². The molecule has 0 saturated heterocycles. The molecule has 0 aliphatic carbocycles. The van der Waals surface area contributed by atoms with Gasteiger partial charge in [-0.25, -0.2) is 0 Å². The maximum atomic E-state index is 12.6. The Bertz CT molecular complexity index is 541. The third-order valence-electron chi connectivity index (χ3n) is 2.73. The summed E-state index contributed by atoms with van der Waals surface area (Å²) >= 11 is 10.6. The quantitative estimate of drug-likeness (QED) is 0.788. The molecule has 0 radical (unpaired) electrons. The molecule has 116 valence electrons. The van der Waals surface area contributed by atoms with E-state index in [-0.39, 0.29) is 18.0 Å². The van der Waals surface area contributed by atoms with E-state index in [1.165, 1.54) is 6.92 Å². The van der Waals surface area contributed by atoms with Crippen molar-refractivity contribution in [1.29, 1.82) is 0 Å². The fourth-order valence-corrected chi connectivity index (χ4v) is 1.92. The standard InChI is InChI=1S/C14H14Cl2F3NO/c1-9(7-13(15,16)14(17,18)19)12-5-3-4-11(6-12)8-20-10(2)21/h3-6H,1,7-8H2,2H3,(H,20,21). The molecule has 1 rings (SSSR count). The number of allylic oxidation sites excluding steroid dienone is 1. The number of carbonyl (C=O) groups is 1. The van der Waals surface area contributed by atoms with Gasteiger partial charge >= 0.3 is 6.18 Å². The highest BCUT2D eigenvalue weighted by molar-refractivity contribution is 6.49. The summed E-state index contributed by atoms with van der Waals surface area (Å²) in [6, 6.07) is 6.65. The van der Waals surface area contributed by atoms with Crippen LogP contribution in [0.3, 0.4) is 0 Å². The van der Waals surface area contributed by atoms with Crippen molar-refractivity contribution in [2.75, 3.05) is 0 Å². The van der Waals surface area contributed by atoms with E-state index in [0.29, 0.717) is 5.56 Å². The van der Waals surface area contributed by atoms with Crippen molar-refractivity contribution in [3.63, 3.8) is 0 Å². The largest absolute Gasteiger partial charge is 0.421 e. The minimum Gasteiger partial charge on any atom is -0.352 e. The van der Waals surface area contributed by atoms with Crippen LogP contribution in [0.15, 0.2) is 30.8 Å². The fourth-order valence-electron chi connectivity index (χ4n) is 1.60. The SMILES string of the molecule is C=C(CC(Cl)(Cl)C(F)(F)F)c1cccc(CNC(C)=O)c1. The van der Waals surface area contributed by atoms with Crippen LogP contribution in [0.4, 0.5) is 13.2 Å². The minimum absolute atomic E-state index is 0.169. The molecule has 1 amide bonds. The molecule has 0 saturated carbocycles. The van der Waals surface area contributed by atoms with Crippen molar-refractivity contribution in [3.8, 4) is 0 Å². The van der Waals surface area contributed by atoms with Gasteiger partial charge in [0.1, 0.15) is 0 Å². The van der Waals surface area contributed by atoms with Crippen LogP contribution in [0.25, 0.3) is 5.57 Å². The van der Waals surface area contributed by atoms with Gasteiger partial charge in [0.25, 0.3) is 0 Å². The average molecular weight is 340 g/mol. The summed E-state index contributed by atoms with van der Waals surface area (Å²) in [5, 5.41) is 2.60. The second-order valence-corrected chi connectivity index (χ2v) is 6.08. The highest BCUT2D eigenvalue weighted by Gasteiger charge is 2.52. The van der Waals surface area contributed by atoms with Crippen LogP contribution in [0.1, 0.15) is 24.5 Å². The van der Waals surface area contributed by atoms with Crippen molar-refractivity contribution in [3.05, 3.63) is 42.0 Å². The van der Waals surface area contributed by atoms with Crippen molar-refractivity contribution in [2.24, 2.45) is 0 Å². The molecule has 0 spiro atoms. The predicted octanol–water partition coefficient (Wildman–Crippen LogP) is 4.46. The maximum Gasteiger partial charge on any atom is 0.421 e. The first kappa shape index (κ1) is 17.9. The molecule has 1 aromatic rings. The van der Waals surface area contributed by atoms with Gasteiger partial charge in [-0.3, -0.25) is 4.79 Å². The lowest BCUT2D eigenvalue weighted by molar-refractivity contribution is -0.140. The van der Waals surface area contributed by atoms with Gasteiger partial charge in [-0.15, -0.1) is 0 Å². The molecule has 0 heterocycles. The van der Waals surface area contributed by atoms with Gasteiger partial charge in [0, 0.05) is 19.9 Å². The minimum atomic E-state index is -4.74. The summed E-state index contributed by atoms with van der Waals surface area (Å²) in [6.07, 6.45) is -5.38. The summed E-state index contributed by atoms with van der Waals surface area (Å²) in [4.78, 5) is 10.8. The lowest BCUT2D eigenvalue weighted by Gasteiger charge is -2.24. The smallest absolute Gasteiger partial charge is 0.352 e. The highest BCUT2D eigenvalue weighted by Crippen LogP contribution is 2.45. The Morgan fingerprint density at radius 2 is 1.95 bits per heavy atom. The Balaban J connectivity index is 2.84. The van der Waals surface area contributed by atoms with Gasteiger partial charge < -0.3 is 5.32 Å². The molecule has 2 nitrogen and oxygen atoms in total. The fraction of sp³-hybridized carbons (Fsp3) is 0.357. The topological polar surface area (TPSA) is 29.1 Å². The number of hydrogen-bond donors (Lipinski definition) is 1. The Morgan fingerprint density at radius 1 is 1.33 bits per heavy atom. The molecular weight excluding hydrogens is 326 g/mol. The Kier molecular flexibility index (Phi) is 5.70. The van der Waals surface area contributed by atoms with Crippen molar-refractivity contribution in [2.45, 2.75) is 30.4 Å². The zero-order valence-corrected chi connectivity index (χ0v) is 12.7. The van der Waals surface area contributed by atoms with Gasteiger partial charge in [0.2, 0.25) is 10.2 Å². The molecule has 0 bridgehead atoms. The Morgan fingerprint density at radius 3 is 2.48 bits per heavy atom. The molecular formula is C14H14Cl2F3NO. The average Bonchev–Trinajstić information content (AvgIpc) is 2.35. The number of benzene rings is 1. The summed E-state index contributed by atoms with van der Waals surface area (Å²) in [6.45, 7) is 5.26. The van der Waals surface area contributed by atoms with Crippen LogP contribution in [-0.2, 0) is 11.3 Å². The first-order chi connectivity index (χ1) is 9.53. The summed E-state index contributed by atoms with van der Waals surface area (Å²) in [5.74, 6) is -0.197. The van der Waals surface area contributed by atoms with Gasteiger partial charge in [-0.1, -0.05) is 48.0 Å². The molecule has 1 N–H and O–H groups in total. The molecule has 0 aliphatic heterocycles. The first-order valence-electron chi connectivity index (χ1n) is 5.99. The number of alkyl halides is 5. The molecule has 0 aliphatic rings. The van der Waals surface area contributed by atoms with Crippen LogP contribution in [0.5, 0.6) is 0 Å². The number of rotatable bonds is 5. The third kappa shape index (κ3) is 5.25. The highest BCUT2D eigenvalue weighted by atomic mass is 35.5. The predicted molar refractivity (Wildman–Crippen MR) is 78.1 cm³/mol. The molecule has 1 aromatic carbocycles. The van der Waals surface area contributed by atoms with Crippen LogP contribution >= 0.6 is 23.2 Å². The van der Waals surface area contributed by atoms with E-state index >= 15 is 0 Å². The van der Waals surface area contributed by atoms with Crippen LogP contribution < -0.4 is 5.32 Å². The van der Waals surface area contributed by atoms with Crippen LogP contribution in [0.2, 0.25) is 0 Å². The zero-order valence-electron chi connectivity index (χ0n) is 11.2. The van der Waals surface area contributed by atoms with Gasteiger partial charge in [0.05, 0.1) is 0 Å². The molecule has 7 heteroatoms. The van der Waals surface area contributed by atoms with Gasteiger partial charge in [-0.2, -0.15) is 13.2 Å². The van der Waals surface area contributed by atoms with E-state index in [1.54, 1.807) is 24.3 Å². The monoisotopic (exact) mass is 339 g/mol. The van der Waals surface area contributed by atoms with E-state index < -0.39 is 16.9 Å². The number of carbonyl (C=O) groups excluding carboxylic acids is 1. The number of halogens is 5. The zero-order chi connectivity index (χ0) is 16.3. The van der Waals surface area contributed by atoms with Crippen molar-refractivity contribution >= 4 is 34.7 Å². The summed E-state index contributed by atoms with van der Waals surface area (Å²) < 4.78 is 35.1. The third-order valence-corrected chi connectivity index (χ3v) is 3.42. The summed E-state index contributed by atoms with van der Waals surface area (Å²) in [5.41, 5.74) is 1.40. The lowest BCUT2D eigenvalue weighted by atomic mass is 10.00. The number of nitrogens with one attached hydrogen (secondary N) is 1. The van der Waals surface area contributed by atoms with E-state index in [9.17, 15) is 18.0 Å². The molecule has 21 heavy (non-hydrogen) atoms. The van der Waals surface area contributed by atoms with Crippen LogP contribution in [0, 0.1) is 0 Å². The molecule has 0 unspecified atom stereocenters. The Hall–Kier alpha value is -1.20. The first-order valence-corrected chi connectivity index (χ1v) is 6.74. The van der Waals surface area contributed by atoms with Crippen molar-refractivity contribution < 1.29 is 18.0 Å². The number of amides is 1. The number of hydrogen-bond acceptors (Lipinski definition) is 1.